The highest BCUT2D eigenvalue weighted by atomic mass is 35.5. The number of carbonyl (C=O) groups excluding carboxylic acids is 2. The molecule has 6 nitrogen and oxygen atoms in total. The third-order valence-corrected chi connectivity index (χ3v) is 5.31. The fraction of sp³-hybridized carbons (Fsp3) is 0.154. The number of carbonyl (C=O) groups is 2. The first-order valence-corrected chi connectivity index (χ1v) is 10.9. The van der Waals surface area contributed by atoms with Crippen molar-refractivity contribution < 1.29 is 19.1 Å². The van der Waals surface area contributed by atoms with E-state index in [-0.39, 0.29) is 11.8 Å². The number of hydrogen-bond acceptors (Lipinski definition) is 4. The molecule has 0 aliphatic carbocycles. The van der Waals surface area contributed by atoms with E-state index in [0.717, 1.165) is 11.3 Å². The molecule has 0 spiro atoms. The molecule has 33 heavy (non-hydrogen) atoms. The number of halogens is 1. The largest absolute Gasteiger partial charge is 0.492 e. The van der Waals surface area contributed by atoms with Crippen LogP contribution >= 0.6 is 11.6 Å². The zero-order valence-corrected chi connectivity index (χ0v) is 18.8. The Morgan fingerprint density at radius 2 is 1.88 bits per heavy atom. The van der Waals surface area contributed by atoms with Crippen LogP contribution in [0, 0.1) is 0 Å². The van der Waals surface area contributed by atoms with Crippen molar-refractivity contribution in [2.45, 2.75) is 13.0 Å². The highest BCUT2D eigenvalue weighted by molar-refractivity contribution is 6.30. The number of nitrogens with zero attached hydrogens (tertiary/aromatic N) is 1. The van der Waals surface area contributed by atoms with E-state index in [9.17, 15) is 9.59 Å². The number of benzene rings is 3. The van der Waals surface area contributed by atoms with Crippen molar-refractivity contribution in [3.8, 4) is 11.5 Å². The summed E-state index contributed by atoms with van der Waals surface area (Å²) in [6.07, 6.45) is 2.54. The fourth-order valence-corrected chi connectivity index (χ4v) is 3.54. The first-order chi connectivity index (χ1) is 16.0. The third kappa shape index (κ3) is 5.73. The summed E-state index contributed by atoms with van der Waals surface area (Å²) >= 11 is 5.88. The van der Waals surface area contributed by atoms with Gasteiger partial charge in [-0.2, -0.15) is 0 Å². The van der Waals surface area contributed by atoms with Gasteiger partial charge in [0.15, 0.2) is 6.10 Å². The van der Waals surface area contributed by atoms with Gasteiger partial charge in [0.2, 0.25) is 5.91 Å². The highest BCUT2D eigenvalue weighted by Gasteiger charge is 2.31. The zero-order chi connectivity index (χ0) is 23.2. The minimum absolute atomic E-state index is 0.162. The standard InChI is InChI=1S/C26H23ClN2O4/c1-18-26(31)29(15-16-32-22-5-3-2-4-6-22)23-17-21(12-13-24(23)33-18)28-25(30)14-9-19-7-10-20(27)11-8-19/h2-14,17-18H,15-16H2,1H3,(H,28,30)/b14-9+. The summed E-state index contributed by atoms with van der Waals surface area (Å²) in [5.74, 6) is 0.863. The zero-order valence-electron chi connectivity index (χ0n) is 18.0. The molecule has 0 bridgehead atoms. The molecule has 2 amide bonds. The van der Waals surface area contributed by atoms with Gasteiger partial charge in [-0.3, -0.25) is 9.59 Å². The summed E-state index contributed by atoms with van der Waals surface area (Å²) in [6, 6.07) is 21.8. The normalized spacial score (nSPS) is 15.2. The van der Waals surface area contributed by atoms with Gasteiger partial charge in [-0.25, -0.2) is 0 Å². The molecule has 7 heteroatoms. The molecule has 0 saturated heterocycles. The molecule has 1 atom stereocenters. The van der Waals surface area contributed by atoms with E-state index < -0.39 is 6.10 Å². The molecule has 168 valence electrons. The summed E-state index contributed by atoms with van der Waals surface area (Å²) in [6.45, 7) is 2.39. The molecular formula is C26H23ClN2O4. The van der Waals surface area contributed by atoms with Gasteiger partial charge in [0.05, 0.1) is 12.2 Å². The van der Waals surface area contributed by atoms with Crippen molar-refractivity contribution in [3.63, 3.8) is 0 Å². The summed E-state index contributed by atoms with van der Waals surface area (Å²) in [7, 11) is 0. The molecule has 0 fully saturated rings. The van der Waals surface area contributed by atoms with Gasteiger partial charge in [0.1, 0.15) is 18.1 Å². The van der Waals surface area contributed by atoms with Gasteiger partial charge in [-0.1, -0.05) is 41.9 Å². The second kappa shape index (κ2) is 10.2. The maximum Gasteiger partial charge on any atom is 0.267 e. The Hall–Kier alpha value is -3.77. The van der Waals surface area contributed by atoms with Gasteiger partial charge in [-0.15, -0.1) is 0 Å². The monoisotopic (exact) mass is 462 g/mol. The van der Waals surface area contributed by atoms with Gasteiger partial charge < -0.3 is 19.7 Å². The number of anilines is 2. The van der Waals surface area contributed by atoms with Gasteiger partial charge in [0.25, 0.3) is 5.91 Å². The van der Waals surface area contributed by atoms with Gasteiger partial charge in [-0.05, 0) is 61.0 Å². The van der Waals surface area contributed by atoms with E-state index in [1.807, 2.05) is 42.5 Å². The van der Waals surface area contributed by atoms with Crippen molar-refractivity contribution in [3.05, 3.63) is 89.5 Å². The maximum absolute atomic E-state index is 12.8. The Balaban J connectivity index is 1.45. The molecule has 0 radical (unpaired) electrons. The molecule has 3 aromatic rings. The quantitative estimate of drug-likeness (QED) is 0.491. The minimum Gasteiger partial charge on any atom is -0.492 e. The second-order valence-corrected chi connectivity index (χ2v) is 7.90. The summed E-state index contributed by atoms with van der Waals surface area (Å²) < 4.78 is 11.5. The molecule has 0 saturated carbocycles. The number of rotatable bonds is 7. The number of ether oxygens (including phenoxy) is 2. The molecule has 4 rings (SSSR count). The second-order valence-electron chi connectivity index (χ2n) is 7.47. The average molecular weight is 463 g/mol. The number of fused-ring (bicyclic) bond motifs is 1. The summed E-state index contributed by atoms with van der Waals surface area (Å²) in [5.41, 5.74) is 2.01. The summed E-state index contributed by atoms with van der Waals surface area (Å²) in [5, 5.41) is 3.46. The summed E-state index contributed by atoms with van der Waals surface area (Å²) in [4.78, 5) is 26.8. The number of nitrogens with one attached hydrogen (secondary N) is 1. The van der Waals surface area contributed by atoms with Crippen LogP contribution in [0.15, 0.2) is 78.9 Å². The molecule has 0 aromatic heterocycles. The van der Waals surface area contributed by atoms with Crippen LogP contribution in [-0.4, -0.2) is 31.1 Å². The molecule has 1 heterocycles. The first-order valence-electron chi connectivity index (χ1n) is 10.5. The molecule has 1 unspecified atom stereocenters. The van der Waals surface area contributed by atoms with E-state index in [2.05, 4.69) is 5.32 Å². The molecule has 1 aliphatic rings. The number of para-hydroxylation sites is 1. The number of hydrogen-bond donors (Lipinski definition) is 1. The van der Waals surface area contributed by atoms with E-state index in [1.165, 1.54) is 6.08 Å². The lowest BCUT2D eigenvalue weighted by molar-refractivity contribution is -0.125. The SMILES string of the molecule is CC1Oc2ccc(NC(=O)/C=C/c3ccc(Cl)cc3)cc2N(CCOc2ccccc2)C1=O. The van der Waals surface area contributed by atoms with E-state index >= 15 is 0 Å². The van der Waals surface area contributed by atoms with Crippen molar-refractivity contribution in [2.75, 3.05) is 23.4 Å². The van der Waals surface area contributed by atoms with Crippen LogP contribution in [-0.2, 0) is 9.59 Å². The molecule has 3 aromatic carbocycles. The lowest BCUT2D eigenvalue weighted by atomic mass is 10.1. The van der Waals surface area contributed by atoms with E-state index in [1.54, 1.807) is 48.2 Å². The van der Waals surface area contributed by atoms with Crippen LogP contribution in [0.4, 0.5) is 11.4 Å². The van der Waals surface area contributed by atoms with Crippen molar-refractivity contribution in [2.24, 2.45) is 0 Å². The van der Waals surface area contributed by atoms with Crippen LogP contribution in [0.3, 0.4) is 0 Å². The Morgan fingerprint density at radius 1 is 1.12 bits per heavy atom. The third-order valence-electron chi connectivity index (χ3n) is 5.06. The van der Waals surface area contributed by atoms with Crippen molar-refractivity contribution >= 4 is 40.9 Å². The predicted molar refractivity (Wildman–Crippen MR) is 130 cm³/mol. The Morgan fingerprint density at radius 3 is 2.64 bits per heavy atom. The lowest BCUT2D eigenvalue weighted by Gasteiger charge is -2.33. The fourth-order valence-electron chi connectivity index (χ4n) is 3.42. The smallest absolute Gasteiger partial charge is 0.267 e. The van der Waals surface area contributed by atoms with Crippen LogP contribution in [0.1, 0.15) is 12.5 Å². The van der Waals surface area contributed by atoms with Gasteiger partial charge in [0, 0.05) is 16.8 Å². The Bertz CT molecular complexity index is 1160. The maximum atomic E-state index is 12.8. The molecule has 1 aliphatic heterocycles. The Labute approximate surface area is 197 Å². The van der Waals surface area contributed by atoms with Crippen LogP contribution in [0.25, 0.3) is 6.08 Å². The van der Waals surface area contributed by atoms with Gasteiger partial charge >= 0.3 is 0 Å². The van der Waals surface area contributed by atoms with Crippen molar-refractivity contribution in [1.82, 2.24) is 0 Å². The molecular weight excluding hydrogens is 440 g/mol. The lowest BCUT2D eigenvalue weighted by Crippen LogP contribution is -2.46. The van der Waals surface area contributed by atoms with Crippen LogP contribution < -0.4 is 19.7 Å². The topological polar surface area (TPSA) is 67.9 Å². The van der Waals surface area contributed by atoms with E-state index in [4.69, 9.17) is 21.1 Å². The predicted octanol–water partition coefficient (Wildman–Crippen LogP) is 5.18. The molecule has 1 N–H and O–H groups in total. The number of amides is 2. The van der Waals surface area contributed by atoms with Crippen LogP contribution in [0.2, 0.25) is 5.02 Å². The van der Waals surface area contributed by atoms with E-state index in [0.29, 0.717) is 35.3 Å². The average Bonchev–Trinajstić information content (AvgIpc) is 2.82. The van der Waals surface area contributed by atoms with Crippen LogP contribution in [0.5, 0.6) is 11.5 Å². The highest BCUT2D eigenvalue weighted by Crippen LogP contribution is 2.36. The Kier molecular flexibility index (Phi) is 6.95. The van der Waals surface area contributed by atoms with Crippen molar-refractivity contribution in [1.29, 1.82) is 0 Å². The minimum atomic E-state index is -0.600. The first kappa shape index (κ1) is 22.4.